The summed E-state index contributed by atoms with van der Waals surface area (Å²) in [6.07, 6.45) is 3.90. The molecule has 0 atom stereocenters. The first-order chi connectivity index (χ1) is 8.58. The van der Waals surface area contributed by atoms with Gasteiger partial charge in [0.05, 0.1) is 5.69 Å². The molecule has 0 aliphatic carbocycles. The van der Waals surface area contributed by atoms with Crippen molar-refractivity contribution in [2.45, 2.75) is 18.6 Å². The molecule has 0 fully saturated rings. The van der Waals surface area contributed by atoms with Crippen molar-refractivity contribution < 1.29 is 0 Å². The Morgan fingerprint density at radius 1 is 1.44 bits per heavy atom. The van der Waals surface area contributed by atoms with Crippen molar-refractivity contribution in [1.29, 1.82) is 0 Å². The third-order valence-electron chi connectivity index (χ3n) is 2.43. The molecule has 2 aromatic rings. The van der Waals surface area contributed by atoms with Gasteiger partial charge in [0.2, 0.25) is 0 Å². The zero-order chi connectivity index (χ0) is 13.1. The minimum Gasteiger partial charge on any atom is -0.366 e. The molecule has 5 nitrogen and oxygen atoms in total. The second-order valence-corrected chi connectivity index (χ2v) is 4.99. The first-order valence-electron chi connectivity index (χ1n) is 5.40. The van der Waals surface area contributed by atoms with Gasteiger partial charge in [0.25, 0.3) is 0 Å². The topological polar surface area (TPSA) is 55.6 Å². The van der Waals surface area contributed by atoms with E-state index in [2.05, 4.69) is 20.4 Å². The maximum absolute atomic E-state index is 5.92. The molecule has 18 heavy (non-hydrogen) atoms. The molecule has 0 aromatic carbocycles. The number of rotatable bonds is 4. The summed E-state index contributed by atoms with van der Waals surface area (Å²) in [6.45, 7) is 2.65. The quantitative estimate of drug-likeness (QED) is 0.531. The molecule has 7 heteroatoms. The molecule has 0 saturated carbocycles. The van der Waals surface area contributed by atoms with Crippen molar-refractivity contribution in [1.82, 2.24) is 19.7 Å². The Kier molecular flexibility index (Phi) is 4.08. The Labute approximate surface area is 115 Å². The van der Waals surface area contributed by atoms with Crippen LogP contribution < -0.4 is 5.32 Å². The third kappa shape index (κ3) is 3.14. The molecule has 2 rings (SSSR count). The fourth-order valence-corrected chi connectivity index (χ4v) is 2.20. The molecule has 0 saturated heterocycles. The summed E-state index contributed by atoms with van der Waals surface area (Å²) in [7, 11) is 1.91. The van der Waals surface area contributed by atoms with Crippen molar-refractivity contribution in [2.75, 3.05) is 11.6 Å². The highest BCUT2D eigenvalue weighted by molar-refractivity contribution is 7.98. The van der Waals surface area contributed by atoms with Crippen molar-refractivity contribution in [3.8, 4) is 0 Å². The number of nitrogens with zero attached hydrogens (tertiary/aromatic N) is 4. The molecule has 2 heterocycles. The molecule has 0 spiro atoms. The predicted molar refractivity (Wildman–Crippen MR) is 74.1 cm³/mol. The van der Waals surface area contributed by atoms with E-state index < -0.39 is 0 Å². The van der Waals surface area contributed by atoms with Crippen LogP contribution in [0.2, 0.25) is 5.15 Å². The van der Waals surface area contributed by atoms with Gasteiger partial charge in [-0.3, -0.25) is 4.68 Å². The lowest BCUT2D eigenvalue weighted by Crippen LogP contribution is -2.03. The van der Waals surface area contributed by atoms with Crippen molar-refractivity contribution in [3.05, 3.63) is 28.7 Å². The minimum absolute atomic E-state index is 0.444. The fourth-order valence-electron chi connectivity index (χ4n) is 1.59. The Morgan fingerprint density at radius 2 is 2.22 bits per heavy atom. The second kappa shape index (κ2) is 5.58. The summed E-state index contributed by atoms with van der Waals surface area (Å²) in [4.78, 5) is 8.42. The molecule has 1 N–H and O–H groups in total. The zero-order valence-corrected chi connectivity index (χ0v) is 12.0. The number of anilines is 1. The summed E-state index contributed by atoms with van der Waals surface area (Å²) in [5, 5.41) is 8.62. The van der Waals surface area contributed by atoms with Crippen molar-refractivity contribution in [3.63, 3.8) is 0 Å². The highest BCUT2D eigenvalue weighted by Gasteiger charge is 2.05. The fraction of sp³-hybridized carbons (Fsp3) is 0.364. The molecule has 0 aliphatic rings. The molecule has 96 valence electrons. The number of hydrogen-bond donors (Lipinski definition) is 1. The normalized spacial score (nSPS) is 10.7. The van der Waals surface area contributed by atoms with E-state index in [0.717, 1.165) is 17.1 Å². The smallest absolute Gasteiger partial charge is 0.190 e. The largest absolute Gasteiger partial charge is 0.366 e. The first-order valence-corrected chi connectivity index (χ1v) is 7.00. The van der Waals surface area contributed by atoms with E-state index in [1.807, 2.05) is 26.4 Å². The van der Waals surface area contributed by atoms with E-state index in [9.17, 15) is 0 Å². The van der Waals surface area contributed by atoms with Gasteiger partial charge in [0.1, 0.15) is 11.0 Å². The summed E-state index contributed by atoms with van der Waals surface area (Å²) in [5.74, 6) is 0.725. The maximum atomic E-state index is 5.92. The SMILES string of the molecule is CSc1nc(Cl)cc(NCc2cn(C)nc2C)n1. The molecular formula is C11H14ClN5S. The standard InChI is InChI=1S/C11H14ClN5S/c1-7-8(6-17(2)16-7)5-13-10-4-9(12)14-11(15-10)18-3/h4,6H,5H2,1-3H3,(H,13,14,15). The predicted octanol–water partition coefficient (Wildman–Crippen LogP) is 2.51. The van der Waals surface area contributed by atoms with Crippen LogP contribution in [0.1, 0.15) is 11.3 Å². The summed E-state index contributed by atoms with van der Waals surface area (Å²) >= 11 is 7.39. The Bertz CT molecular complexity index is 554. The van der Waals surface area contributed by atoms with Gasteiger partial charge in [-0.2, -0.15) is 5.10 Å². The van der Waals surface area contributed by atoms with Gasteiger partial charge in [-0.05, 0) is 13.2 Å². The highest BCUT2D eigenvalue weighted by Crippen LogP contribution is 2.18. The lowest BCUT2D eigenvalue weighted by molar-refractivity contribution is 0.756. The van der Waals surface area contributed by atoms with E-state index in [1.54, 1.807) is 10.7 Å². The van der Waals surface area contributed by atoms with Crippen LogP contribution in [0, 0.1) is 6.92 Å². The molecule has 0 radical (unpaired) electrons. The van der Waals surface area contributed by atoms with Gasteiger partial charge >= 0.3 is 0 Å². The number of halogens is 1. The monoisotopic (exact) mass is 283 g/mol. The number of aromatic nitrogens is 4. The van der Waals surface area contributed by atoms with Crippen LogP contribution in [0.15, 0.2) is 17.4 Å². The van der Waals surface area contributed by atoms with Crippen molar-refractivity contribution >= 4 is 29.2 Å². The average molecular weight is 284 g/mol. The molecule has 0 bridgehead atoms. The van der Waals surface area contributed by atoms with Crippen LogP contribution in [0.3, 0.4) is 0 Å². The van der Waals surface area contributed by atoms with E-state index in [1.165, 1.54) is 11.8 Å². The Morgan fingerprint density at radius 3 is 2.83 bits per heavy atom. The minimum atomic E-state index is 0.444. The number of hydrogen-bond acceptors (Lipinski definition) is 5. The van der Waals surface area contributed by atoms with Gasteiger partial charge in [-0.15, -0.1) is 0 Å². The van der Waals surface area contributed by atoms with E-state index >= 15 is 0 Å². The number of thioether (sulfide) groups is 1. The van der Waals surface area contributed by atoms with Gasteiger partial charge < -0.3 is 5.32 Å². The summed E-state index contributed by atoms with van der Waals surface area (Å²) in [6, 6.07) is 1.72. The van der Waals surface area contributed by atoms with Crippen LogP contribution >= 0.6 is 23.4 Å². The Balaban J connectivity index is 2.10. The number of nitrogens with one attached hydrogen (secondary N) is 1. The van der Waals surface area contributed by atoms with Crippen LogP contribution in [0.5, 0.6) is 0 Å². The van der Waals surface area contributed by atoms with Gasteiger partial charge in [-0.25, -0.2) is 9.97 Å². The van der Waals surface area contributed by atoms with E-state index in [-0.39, 0.29) is 0 Å². The lowest BCUT2D eigenvalue weighted by atomic mass is 10.2. The molecule has 2 aromatic heterocycles. The molecule has 0 aliphatic heterocycles. The Hall–Kier alpha value is -1.27. The van der Waals surface area contributed by atoms with Gasteiger partial charge in [0.15, 0.2) is 5.16 Å². The maximum Gasteiger partial charge on any atom is 0.190 e. The van der Waals surface area contributed by atoms with Crippen LogP contribution in [-0.4, -0.2) is 26.0 Å². The zero-order valence-electron chi connectivity index (χ0n) is 10.4. The van der Waals surface area contributed by atoms with E-state index in [4.69, 9.17) is 11.6 Å². The lowest BCUT2D eigenvalue weighted by Gasteiger charge is -2.06. The molecule has 0 unspecified atom stereocenters. The first kappa shape index (κ1) is 13.2. The van der Waals surface area contributed by atoms with E-state index in [0.29, 0.717) is 16.9 Å². The number of aryl methyl sites for hydroxylation is 2. The molecular weight excluding hydrogens is 270 g/mol. The van der Waals surface area contributed by atoms with Gasteiger partial charge in [0, 0.05) is 31.4 Å². The third-order valence-corrected chi connectivity index (χ3v) is 3.17. The average Bonchev–Trinajstić information content (AvgIpc) is 2.64. The van der Waals surface area contributed by atoms with Crippen LogP contribution in [0.4, 0.5) is 5.82 Å². The summed E-state index contributed by atoms with van der Waals surface area (Å²) < 4.78 is 1.80. The van der Waals surface area contributed by atoms with Gasteiger partial charge in [-0.1, -0.05) is 23.4 Å². The van der Waals surface area contributed by atoms with Crippen molar-refractivity contribution in [2.24, 2.45) is 7.05 Å². The summed E-state index contributed by atoms with van der Waals surface area (Å²) in [5.41, 5.74) is 2.15. The second-order valence-electron chi connectivity index (χ2n) is 3.83. The highest BCUT2D eigenvalue weighted by atomic mass is 35.5. The van der Waals surface area contributed by atoms with Crippen LogP contribution in [-0.2, 0) is 13.6 Å². The molecule has 0 amide bonds. The van der Waals surface area contributed by atoms with Crippen LogP contribution in [0.25, 0.3) is 0 Å².